The van der Waals surface area contributed by atoms with Crippen molar-refractivity contribution in [1.29, 1.82) is 0 Å². The summed E-state index contributed by atoms with van der Waals surface area (Å²) < 4.78 is 43.6. The van der Waals surface area contributed by atoms with Gasteiger partial charge >= 0.3 is 10.2 Å². The predicted molar refractivity (Wildman–Crippen MR) is 53.9 cm³/mol. The minimum absolute atomic E-state index is 0.357. The fourth-order valence-corrected chi connectivity index (χ4v) is 1.64. The molecule has 0 saturated carbocycles. The number of nitro benzene ring substituents is 1. The van der Waals surface area contributed by atoms with Crippen molar-refractivity contribution in [1.82, 2.24) is 0 Å². The number of ether oxygens (including phenoxy) is 2. The molecule has 0 unspecified atom stereocenters. The van der Waals surface area contributed by atoms with Crippen LogP contribution in [-0.4, -0.2) is 27.2 Å². The lowest BCUT2D eigenvalue weighted by Gasteiger charge is -2.07. The Bertz CT molecular complexity index is 529. The van der Waals surface area contributed by atoms with E-state index in [1.165, 1.54) is 7.11 Å². The van der Waals surface area contributed by atoms with Gasteiger partial charge in [-0.05, 0) is 6.07 Å². The Balaban J connectivity index is 3.26. The molecule has 7 nitrogen and oxygen atoms in total. The summed E-state index contributed by atoms with van der Waals surface area (Å²) in [6.07, 6.45) is 0. The molecule has 0 atom stereocenters. The van der Waals surface area contributed by atoms with Crippen LogP contribution in [0.4, 0.5) is 9.57 Å². The third kappa shape index (κ3) is 3.36. The molecule has 0 radical (unpaired) electrons. The van der Waals surface area contributed by atoms with Gasteiger partial charge in [0, 0.05) is 13.2 Å². The van der Waals surface area contributed by atoms with E-state index in [0.717, 1.165) is 18.2 Å². The third-order valence-corrected chi connectivity index (χ3v) is 2.60. The molecule has 1 aromatic carbocycles. The van der Waals surface area contributed by atoms with Crippen molar-refractivity contribution in [2.45, 2.75) is 4.90 Å². The van der Waals surface area contributed by atoms with Crippen molar-refractivity contribution in [3.8, 4) is 5.75 Å². The van der Waals surface area contributed by atoms with Crippen molar-refractivity contribution in [2.75, 3.05) is 13.9 Å². The van der Waals surface area contributed by atoms with Crippen molar-refractivity contribution in [3.05, 3.63) is 28.3 Å². The van der Waals surface area contributed by atoms with Crippen LogP contribution in [0.15, 0.2) is 23.1 Å². The van der Waals surface area contributed by atoms with Gasteiger partial charge in [-0.25, -0.2) is 0 Å². The second-order valence-electron chi connectivity index (χ2n) is 2.88. The molecule has 0 aromatic heterocycles. The zero-order valence-electron chi connectivity index (χ0n) is 8.62. The van der Waals surface area contributed by atoms with Crippen LogP contribution in [0.2, 0.25) is 0 Å². The number of nitro groups is 1. The Kier molecular flexibility index (Phi) is 3.97. The topological polar surface area (TPSA) is 95.7 Å². The van der Waals surface area contributed by atoms with E-state index in [4.69, 9.17) is 4.74 Å². The van der Waals surface area contributed by atoms with Crippen LogP contribution in [0.1, 0.15) is 0 Å². The lowest BCUT2D eigenvalue weighted by molar-refractivity contribution is -0.385. The van der Waals surface area contributed by atoms with Gasteiger partial charge in [0.15, 0.2) is 12.5 Å². The second-order valence-corrected chi connectivity index (χ2v) is 4.19. The summed E-state index contributed by atoms with van der Waals surface area (Å²) in [6, 6.07) is 2.44. The van der Waals surface area contributed by atoms with Gasteiger partial charge in [0.2, 0.25) is 0 Å². The minimum atomic E-state index is -5.01. The van der Waals surface area contributed by atoms with E-state index >= 15 is 0 Å². The van der Waals surface area contributed by atoms with Crippen LogP contribution < -0.4 is 4.74 Å². The Labute approximate surface area is 96.1 Å². The molecule has 0 amide bonds. The van der Waals surface area contributed by atoms with Crippen LogP contribution in [0.3, 0.4) is 0 Å². The molecule has 0 aliphatic rings. The average molecular weight is 265 g/mol. The summed E-state index contributed by atoms with van der Waals surface area (Å²) in [4.78, 5) is 8.93. The zero-order chi connectivity index (χ0) is 13.1. The highest BCUT2D eigenvalue weighted by Crippen LogP contribution is 2.29. The van der Waals surface area contributed by atoms with Gasteiger partial charge in [0.25, 0.3) is 5.69 Å². The summed E-state index contributed by atoms with van der Waals surface area (Å²) >= 11 is 0. The molecule has 0 bridgehead atoms. The van der Waals surface area contributed by atoms with Crippen molar-refractivity contribution in [3.63, 3.8) is 0 Å². The molecule has 0 heterocycles. The molecule has 94 valence electrons. The number of hydrogen-bond acceptors (Lipinski definition) is 6. The van der Waals surface area contributed by atoms with E-state index in [0.29, 0.717) is 0 Å². The summed E-state index contributed by atoms with van der Waals surface area (Å²) in [7, 11) is -3.74. The summed E-state index contributed by atoms with van der Waals surface area (Å²) in [5.74, 6) is -0.469. The number of rotatable bonds is 5. The highest BCUT2D eigenvalue weighted by atomic mass is 32.3. The van der Waals surface area contributed by atoms with Gasteiger partial charge in [-0.1, -0.05) is 0 Å². The lowest BCUT2D eigenvalue weighted by atomic mass is 10.3. The molecular weight excluding hydrogens is 257 g/mol. The third-order valence-electron chi connectivity index (χ3n) is 1.73. The van der Waals surface area contributed by atoms with Gasteiger partial charge in [-0.15, -0.1) is 3.89 Å². The zero-order valence-corrected chi connectivity index (χ0v) is 9.44. The molecule has 0 fully saturated rings. The summed E-state index contributed by atoms with van der Waals surface area (Å²) in [5.41, 5.74) is -0.413. The molecule has 0 aliphatic heterocycles. The van der Waals surface area contributed by atoms with Gasteiger partial charge in [-0.2, -0.15) is 8.42 Å². The van der Waals surface area contributed by atoms with Gasteiger partial charge in [-0.3, -0.25) is 10.1 Å². The first-order valence-electron chi connectivity index (χ1n) is 4.21. The molecule has 0 saturated heterocycles. The Morgan fingerprint density at radius 1 is 1.47 bits per heavy atom. The van der Waals surface area contributed by atoms with E-state index in [1.807, 2.05) is 0 Å². The van der Waals surface area contributed by atoms with E-state index in [2.05, 4.69) is 4.74 Å². The molecule has 9 heteroatoms. The van der Waals surface area contributed by atoms with Crippen LogP contribution in [-0.2, 0) is 15.0 Å². The molecule has 0 aliphatic carbocycles. The van der Waals surface area contributed by atoms with Gasteiger partial charge < -0.3 is 9.47 Å². The van der Waals surface area contributed by atoms with Crippen molar-refractivity contribution < 1.29 is 26.7 Å². The van der Waals surface area contributed by atoms with E-state index in [-0.39, 0.29) is 6.79 Å². The molecule has 1 aromatic rings. The lowest BCUT2D eigenvalue weighted by Crippen LogP contribution is -2.04. The monoisotopic (exact) mass is 265 g/mol. The predicted octanol–water partition coefficient (Wildman–Crippen LogP) is 1.24. The smallest absolute Gasteiger partial charge is 0.335 e. The minimum Gasteiger partial charge on any atom is -0.466 e. The first-order valence-corrected chi connectivity index (χ1v) is 5.59. The Morgan fingerprint density at radius 3 is 2.59 bits per heavy atom. The largest absolute Gasteiger partial charge is 0.466 e. The molecular formula is C8H8FNO6S. The number of halogens is 1. The maximum absolute atomic E-state index is 12.8. The molecule has 0 N–H and O–H groups in total. The first kappa shape index (κ1) is 13.3. The number of hydrogen-bond donors (Lipinski definition) is 0. The molecule has 0 spiro atoms. The van der Waals surface area contributed by atoms with Crippen LogP contribution in [0.5, 0.6) is 5.75 Å². The van der Waals surface area contributed by atoms with Gasteiger partial charge in [0.05, 0.1) is 11.0 Å². The Hall–Kier alpha value is -1.74. The molecule has 17 heavy (non-hydrogen) atoms. The normalized spacial score (nSPS) is 11.2. The van der Waals surface area contributed by atoms with E-state index < -0.39 is 31.5 Å². The van der Waals surface area contributed by atoms with E-state index in [1.54, 1.807) is 0 Å². The van der Waals surface area contributed by atoms with Crippen LogP contribution in [0.25, 0.3) is 0 Å². The number of non-ortho nitro benzene ring substituents is 1. The van der Waals surface area contributed by atoms with Crippen molar-refractivity contribution >= 4 is 15.9 Å². The van der Waals surface area contributed by atoms with Crippen LogP contribution >= 0.6 is 0 Å². The average Bonchev–Trinajstić information content (AvgIpc) is 2.24. The standard InChI is InChI=1S/C8H8FNO6S/c1-15-5-16-7-4-6(10(11)12)2-3-8(7)17(9,13)14/h2-4H,5H2,1H3. The summed E-state index contributed by atoms with van der Waals surface area (Å²) in [5, 5.41) is 10.5. The first-order chi connectivity index (χ1) is 7.86. The maximum atomic E-state index is 12.8. The number of methoxy groups -OCH3 is 1. The molecule has 1 rings (SSSR count). The van der Waals surface area contributed by atoms with Crippen molar-refractivity contribution in [2.24, 2.45) is 0 Å². The maximum Gasteiger partial charge on any atom is 0.335 e. The SMILES string of the molecule is COCOc1cc([N+](=O)[O-])ccc1S(=O)(=O)F. The Morgan fingerprint density at radius 2 is 2.12 bits per heavy atom. The highest BCUT2D eigenvalue weighted by molar-refractivity contribution is 7.86. The quantitative estimate of drug-likeness (QED) is 0.344. The van der Waals surface area contributed by atoms with E-state index in [9.17, 15) is 22.4 Å². The fourth-order valence-electron chi connectivity index (χ4n) is 1.05. The van der Waals surface area contributed by atoms with Crippen LogP contribution in [0, 0.1) is 10.1 Å². The second kappa shape index (κ2) is 5.06. The highest BCUT2D eigenvalue weighted by Gasteiger charge is 2.21. The number of benzene rings is 1. The fraction of sp³-hybridized carbons (Fsp3) is 0.250. The summed E-state index contributed by atoms with van der Waals surface area (Å²) in [6.45, 7) is -0.357. The van der Waals surface area contributed by atoms with Gasteiger partial charge in [0.1, 0.15) is 4.90 Å². The number of nitrogens with zero attached hydrogens (tertiary/aromatic N) is 1.